The van der Waals surface area contributed by atoms with Crippen LogP contribution in [0.15, 0.2) is 42.6 Å². The quantitative estimate of drug-likeness (QED) is 0.335. The Bertz CT molecular complexity index is 1910. The molecule has 1 saturated heterocycles. The Balaban J connectivity index is 1.36. The average Bonchev–Trinajstić information content (AvgIpc) is 3.45. The number of esters is 1. The highest BCUT2D eigenvalue weighted by atomic mass is 16.6. The number of hydrogen-bond donors (Lipinski definition) is 2. The van der Waals surface area contributed by atoms with Crippen molar-refractivity contribution in [2.75, 3.05) is 39.9 Å². The number of carbonyl (C=O) groups excluding carboxylic acids is 3. The number of carbonyl (C=O) groups is 3. The van der Waals surface area contributed by atoms with Crippen LogP contribution in [0.5, 0.6) is 0 Å². The van der Waals surface area contributed by atoms with E-state index in [9.17, 15) is 14.4 Å². The number of nitrogens with zero attached hydrogens (tertiary/aromatic N) is 4. The number of cyclic esters (lactones) is 1. The molecule has 2 N–H and O–H groups in total. The maximum Gasteiger partial charge on any atom is 0.408 e. The molecule has 12 nitrogen and oxygen atoms in total. The van der Waals surface area contributed by atoms with Gasteiger partial charge >= 0.3 is 12.1 Å². The van der Waals surface area contributed by atoms with Crippen LogP contribution in [0.2, 0.25) is 0 Å². The Morgan fingerprint density at radius 1 is 1.17 bits per heavy atom. The van der Waals surface area contributed by atoms with E-state index in [4.69, 9.17) is 19.2 Å². The summed E-state index contributed by atoms with van der Waals surface area (Å²) in [4.78, 5) is 48.1. The highest BCUT2D eigenvalue weighted by Crippen LogP contribution is 2.57. The van der Waals surface area contributed by atoms with Gasteiger partial charge in [0.15, 0.2) is 0 Å². The molecule has 5 atom stereocenters. The van der Waals surface area contributed by atoms with Gasteiger partial charge in [-0.1, -0.05) is 26.0 Å². The molecule has 5 heterocycles. The lowest BCUT2D eigenvalue weighted by molar-refractivity contribution is -0.156. The standard InChI is InChI=1S/C40H52N6O6/c1-8-45-30-16-15-24-20-27(30)31-32(35(50-7)33-26(34(31)45)13-9-17-41-33)40(5,6)23-51-37(48)28-14-11-19-46(43-28)36(47)29(42-38(49)52-39(2,3)4)22-44-18-10-12-25(24)21-44/h9,12-13,15-17,20,28-29,32,35,43H,8,10-11,14,18-19,21-23H2,1-7H3,(H,42,49)/t28-,29-,32?,35-/m0/s1. The fourth-order valence-electron chi connectivity index (χ4n) is 8.53. The number of alkyl carbamates (subject to hydrolysis) is 1. The van der Waals surface area contributed by atoms with Crippen LogP contribution in [-0.2, 0) is 30.3 Å². The molecule has 1 aliphatic carbocycles. The van der Waals surface area contributed by atoms with Crippen LogP contribution in [-0.4, -0.2) is 95.0 Å². The second-order valence-electron chi connectivity index (χ2n) is 16.2. The highest BCUT2D eigenvalue weighted by molar-refractivity contribution is 5.96. The van der Waals surface area contributed by atoms with Crippen LogP contribution in [0.3, 0.4) is 0 Å². The molecule has 0 spiro atoms. The summed E-state index contributed by atoms with van der Waals surface area (Å²) in [6.45, 7) is 14.7. The predicted molar refractivity (Wildman–Crippen MR) is 198 cm³/mol. The first-order chi connectivity index (χ1) is 24.8. The Kier molecular flexibility index (Phi) is 9.68. The van der Waals surface area contributed by atoms with Gasteiger partial charge in [0.2, 0.25) is 0 Å². The third-order valence-corrected chi connectivity index (χ3v) is 10.8. The van der Waals surface area contributed by atoms with E-state index in [1.165, 1.54) is 10.6 Å². The SMILES string of the molecule is CCn1c2c3c4cc(ccc41)C1=CCCN(C1)C[C@H](NC(=O)OC(C)(C)C)C(=O)N1CCC[C@H](N1)C(=O)OCC(C)(C)C3[C@H](OC)c1ncccc1-2. The summed E-state index contributed by atoms with van der Waals surface area (Å²) in [5.41, 5.74) is 9.47. The molecule has 0 saturated carbocycles. The number of hydrazine groups is 1. The molecule has 3 aromatic rings. The Morgan fingerprint density at radius 2 is 1.98 bits per heavy atom. The Morgan fingerprint density at radius 3 is 2.73 bits per heavy atom. The van der Waals surface area contributed by atoms with Crippen molar-refractivity contribution in [2.45, 2.75) is 97.1 Å². The van der Waals surface area contributed by atoms with Crippen LogP contribution < -0.4 is 10.7 Å². The summed E-state index contributed by atoms with van der Waals surface area (Å²) in [6, 6.07) is 9.19. The van der Waals surface area contributed by atoms with Crippen molar-refractivity contribution in [1.82, 2.24) is 30.2 Å². The molecule has 278 valence electrons. The van der Waals surface area contributed by atoms with Gasteiger partial charge in [-0.2, -0.15) is 0 Å². The van der Waals surface area contributed by atoms with Crippen molar-refractivity contribution in [1.29, 1.82) is 0 Å². The number of aromatic nitrogens is 2. The highest BCUT2D eigenvalue weighted by Gasteiger charge is 2.47. The van der Waals surface area contributed by atoms with Gasteiger partial charge in [0.25, 0.3) is 5.91 Å². The zero-order chi connectivity index (χ0) is 36.9. The number of rotatable bonds is 3. The summed E-state index contributed by atoms with van der Waals surface area (Å²) in [7, 11) is 1.73. The van der Waals surface area contributed by atoms with Gasteiger partial charge in [0.05, 0.1) is 18.0 Å². The van der Waals surface area contributed by atoms with Gasteiger partial charge in [-0.3, -0.25) is 24.5 Å². The van der Waals surface area contributed by atoms with Gasteiger partial charge in [-0.15, -0.1) is 0 Å². The number of methoxy groups -OCH3 is 1. The predicted octanol–water partition coefficient (Wildman–Crippen LogP) is 5.57. The first-order valence-corrected chi connectivity index (χ1v) is 18.6. The molecule has 2 unspecified atom stereocenters. The van der Waals surface area contributed by atoms with Crippen molar-refractivity contribution < 1.29 is 28.6 Å². The van der Waals surface area contributed by atoms with E-state index in [0.29, 0.717) is 25.9 Å². The largest absolute Gasteiger partial charge is 0.464 e. The van der Waals surface area contributed by atoms with Gasteiger partial charge in [0.1, 0.15) is 23.8 Å². The summed E-state index contributed by atoms with van der Waals surface area (Å²) < 4.78 is 20.4. The molecular weight excluding hydrogens is 660 g/mol. The van der Waals surface area contributed by atoms with E-state index in [1.54, 1.807) is 27.9 Å². The van der Waals surface area contributed by atoms with E-state index in [0.717, 1.165) is 58.5 Å². The third kappa shape index (κ3) is 6.72. The fourth-order valence-corrected chi connectivity index (χ4v) is 8.53. The third-order valence-electron chi connectivity index (χ3n) is 10.8. The van der Waals surface area contributed by atoms with Crippen molar-refractivity contribution >= 4 is 34.4 Å². The molecule has 2 amide bonds. The molecule has 1 fully saturated rings. The van der Waals surface area contributed by atoms with Gasteiger partial charge in [-0.05, 0) is 87.9 Å². The van der Waals surface area contributed by atoms with E-state index >= 15 is 0 Å². The zero-order valence-corrected chi connectivity index (χ0v) is 31.5. The molecule has 6 bridgehead atoms. The van der Waals surface area contributed by atoms with Gasteiger partial charge in [0, 0.05) is 73.8 Å². The van der Waals surface area contributed by atoms with Crippen molar-refractivity contribution in [2.24, 2.45) is 5.41 Å². The Labute approximate surface area is 305 Å². The molecule has 52 heavy (non-hydrogen) atoms. The topological polar surface area (TPSA) is 127 Å². The maximum absolute atomic E-state index is 14.2. The van der Waals surface area contributed by atoms with Gasteiger partial charge < -0.3 is 24.1 Å². The van der Waals surface area contributed by atoms with Crippen LogP contribution in [0.4, 0.5) is 4.79 Å². The molecule has 12 heteroatoms. The molecular formula is C40H52N6O6. The molecule has 4 aliphatic rings. The minimum absolute atomic E-state index is 0.130. The number of benzene rings is 1. The summed E-state index contributed by atoms with van der Waals surface area (Å²) in [5.74, 6) is -0.936. The fraction of sp³-hybridized carbons (Fsp3) is 0.550. The molecule has 1 aromatic carbocycles. The molecule has 2 aromatic heterocycles. The molecule has 7 rings (SSSR count). The van der Waals surface area contributed by atoms with E-state index in [2.05, 4.69) is 71.3 Å². The average molecular weight is 713 g/mol. The lowest BCUT2D eigenvalue weighted by Gasteiger charge is -2.42. The number of fused-ring (bicyclic) bond motifs is 8. The summed E-state index contributed by atoms with van der Waals surface area (Å²) >= 11 is 0. The first-order valence-electron chi connectivity index (χ1n) is 18.6. The smallest absolute Gasteiger partial charge is 0.408 e. The minimum atomic E-state index is -0.900. The number of pyridine rings is 1. The second-order valence-corrected chi connectivity index (χ2v) is 16.2. The van der Waals surface area contributed by atoms with Crippen LogP contribution >= 0.6 is 0 Å². The van der Waals surface area contributed by atoms with Crippen molar-refractivity contribution in [3.8, 4) is 11.3 Å². The summed E-state index contributed by atoms with van der Waals surface area (Å²) in [6.07, 6.45) is 4.99. The van der Waals surface area contributed by atoms with Crippen LogP contribution in [0, 0.1) is 5.41 Å². The van der Waals surface area contributed by atoms with Crippen molar-refractivity contribution in [3.63, 3.8) is 0 Å². The van der Waals surface area contributed by atoms with Crippen molar-refractivity contribution in [3.05, 3.63) is 59.4 Å². The maximum atomic E-state index is 14.2. The summed E-state index contributed by atoms with van der Waals surface area (Å²) in [5, 5.41) is 5.46. The second kappa shape index (κ2) is 13.9. The zero-order valence-electron chi connectivity index (χ0n) is 31.5. The van der Waals surface area contributed by atoms with E-state index in [1.807, 2.05) is 12.3 Å². The lowest BCUT2D eigenvalue weighted by atomic mass is 9.67. The van der Waals surface area contributed by atoms with Crippen LogP contribution in [0.25, 0.3) is 27.7 Å². The number of aryl methyl sites for hydroxylation is 1. The normalized spacial score (nSPS) is 26.2. The molecule has 0 radical (unpaired) electrons. The first kappa shape index (κ1) is 36.1. The monoisotopic (exact) mass is 712 g/mol. The van der Waals surface area contributed by atoms with Crippen LogP contribution in [0.1, 0.15) is 89.6 Å². The van der Waals surface area contributed by atoms with E-state index in [-0.39, 0.29) is 31.1 Å². The number of ether oxygens (including phenoxy) is 3. The number of amides is 2. The van der Waals surface area contributed by atoms with E-state index < -0.39 is 35.2 Å². The lowest BCUT2D eigenvalue weighted by Crippen LogP contribution is -2.62. The number of hydrogen-bond acceptors (Lipinski definition) is 9. The Hall–Kier alpha value is -4.26. The molecule has 3 aliphatic heterocycles. The number of nitrogens with one attached hydrogen (secondary N) is 2. The minimum Gasteiger partial charge on any atom is -0.464 e. The van der Waals surface area contributed by atoms with Gasteiger partial charge in [-0.25, -0.2) is 10.2 Å².